The maximum absolute atomic E-state index is 12.9. The lowest BCUT2D eigenvalue weighted by Gasteiger charge is -2.22. The first-order valence-corrected chi connectivity index (χ1v) is 9.55. The fourth-order valence-electron chi connectivity index (χ4n) is 4.20. The zero-order valence-electron chi connectivity index (χ0n) is 15.8. The first-order chi connectivity index (χ1) is 14.4. The molecule has 0 bridgehead atoms. The summed E-state index contributed by atoms with van der Waals surface area (Å²) in [7, 11) is 0. The van der Waals surface area contributed by atoms with E-state index in [0.717, 1.165) is 17.8 Å². The van der Waals surface area contributed by atoms with Crippen LogP contribution in [0.5, 0.6) is 0 Å². The first kappa shape index (κ1) is 18.7. The summed E-state index contributed by atoms with van der Waals surface area (Å²) in [6, 6.07) is 8.22. The van der Waals surface area contributed by atoms with Gasteiger partial charge in [-0.25, -0.2) is 15.0 Å². The Labute approximate surface area is 169 Å². The Morgan fingerprint density at radius 2 is 1.63 bits per heavy atom. The largest absolute Gasteiger partial charge is 0.433 e. The van der Waals surface area contributed by atoms with Crippen LogP contribution in [0.1, 0.15) is 16.2 Å². The molecule has 5 rings (SSSR count). The van der Waals surface area contributed by atoms with Crippen LogP contribution in [0.15, 0.2) is 42.7 Å². The molecule has 2 saturated heterocycles. The molecule has 2 aliphatic rings. The number of amides is 1. The molecule has 0 spiro atoms. The number of fused-ring (bicyclic) bond motifs is 2. The summed E-state index contributed by atoms with van der Waals surface area (Å²) in [5, 5.41) is 0. The highest BCUT2D eigenvalue weighted by atomic mass is 19.4. The van der Waals surface area contributed by atoms with Crippen LogP contribution in [0, 0.1) is 11.8 Å². The van der Waals surface area contributed by atoms with Crippen molar-refractivity contribution in [3.63, 3.8) is 0 Å². The van der Waals surface area contributed by atoms with Crippen LogP contribution in [0.25, 0.3) is 11.0 Å². The molecule has 2 unspecified atom stereocenters. The van der Waals surface area contributed by atoms with E-state index in [4.69, 9.17) is 0 Å². The molecule has 2 aliphatic heterocycles. The minimum atomic E-state index is -4.50. The predicted molar refractivity (Wildman–Crippen MR) is 102 cm³/mol. The number of carbonyl (C=O) groups excluding carboxylic acids is 1. The van der Waals surface area contributed by atoms with Crippen LogP contribution < -0.4 is 4.90 Å². The summed E-state index contributed by atoms with van der Waals surface area (Å²) in [4.78, 5) is 32.8. The molecule has 2 aromatic heterocycles. The van der Waals surface area contributed by atoms with Gasteiger partial charge in [0.05, 0.1) is 17.2 Å². The molecule has 1 aromatic carbocycles. The zero-order valence-corrected chi connectivity index (χ0v) is 15.8. The fraction of sp³-hybridized carbons (Fsp3) is 0.350. The topological polar surface area (TPSA) is 75.1 Å². The number of nitrogens with zero attached hydrogens (tertiary/aromatic N) is 6. The van der Waals surface area contributed by atoms with Gasteiger partial charge in [-0.1, -0.05) is 12.1 Å². The molecule has 2 atom stereocenters. The third-order valence-corrected chi connectivity index (χ3v) is 5.66. The van der Waals surface area contributed by atoms with Crippen LogP contribution in [-0.4, -0.2) is 56.9 Å². The van der Waals surface area contributed by atoms with Crippen molar-refractivity contribution < 1.29 is 18.0 Å². The lowest BCUT2D eigenvalue weighted by Crippen LogP contribution is -2.34. The van der Waals surface area contributed by atoms with Gasteiger partial charge in [0, 0.05) is 44.2 Å². The summed E-state index contributed by atoms with van der Waals surface area (Å²) in [5.74, 6) is 0.211. The van der Waals surface area contributed by atoms with Crippen LogP contribution in [0.2, 0.25) is 0 Å². The maximum Gasteiger partial charge on any atom is 0.433 e. The van der Waals surface area contributed by atoms with E-state index in [9.17, 15) is 18.0 Å². The second kappa shape index (κ2) is 6.89. The first-order valence-electron chi connectivity index (χ1n) is 9.55. The molecular weight excluding hydrogens is 397 g/mol. The van der Waals surface area contributed by atoms with Crippen molar-refractivity contribution in [3.8, 4) is 0 Å². The van der Waals surface area contributed by atoms with E-state index in [1.54, 1.807) is 9.80 Å². The molecule has 4 heterocycles. The molecule has 10 heteroatoms. The van der Waals surface area contributed by atoms with Crippen molar-refractivity contribution in [1.82, 2.24) is 24.8 Å². The third-order valence-electron chi connectivity index (χ3n) is 5.66. The molecule has 2 fully saturated rings. The Balaban J connectivity index is 1.28. The number of anilines is 1. The number of hydrogen-bond acceptors (Lipinski definition) is 6. The van der Waals surface area contributed by atoms with Crippen LogP contribution >= 0.6 is 0 Å². The van der Waals surface area contributed by atoms with E-state index < -0.39 is 11.9 Å². The van der Waals surface area contributed by atoms with E-state index in [0.29, 0.717) is 37.4 Å². The number of rotatable bonds is 2. The van der Waals surface area contributed by atoms with E-state index in [-0.39, 0.29) is 23.7 Å². The molecule has 154 valence electrons. The van der Waals surface area contributed by atoms with Gasteiger partial charge in [-0.15, -0.1) is 0 Å². The van der Waals surface area contributed by atoms with E-state index in [1.165, 1.54) is 6.20 Å². The van der Waals surface area contributed by atoms with Crippen LogP contribution in [0.4, 0.5) is 19.1 Å². The Hall–Kier alpha value is -3.30. The monoisotopic (exact) mass is 414 g/mol. The molecule has 0 saturated carbocycles. The SMILES string of the molecule is O=C(c1cnc2ccccc2n1)N1CC2CN(c3nccc(C(F)(F)F)n3)CC2C1. The van der Waals surface area contributed by atoms with Gasteiger partial charge in [-0.2, -0.15) is 13.2 Å². The average molecular weight is 414 g/mol. The van der Waals surface area contributed by atoms with Gasteiger partial charge in [0.25, 0.3) is 5.91 Å². The van der Waals surface area contributed by atoms with E-state index in [2.05, 4.69) is 19.9 Å². The predicted octanol–water partition coefficient (Wildman–Crippen LogP) is 2.65. The third kappa shape index (κ3) is 3.31. The molecule has 0 radical (unpaired) electrons. The highest BCUT2D eigenvalue weighted by Crippen LogP contribution is 2.34. The molecule has 0 aliphatic carbocycles. The molecule has 0 N–H and O–H groups in total. The van der Waals surface area contributed by atoms with Gasteiger partial charge in [-0.3, -0.25) is 9.78 Å². The lowest BCUT2D eigenvalue weighted by molar-refractivity contribution is -0.141. The smallest absolute Gasteiger partial charge is 0.340 e. The second-order valence-corrected chi connectivity index (χ2v) is 7.62. The number of hydrogen-bond donors (Lipinski definition) is 0. The summed E-state index contributed by atoms with van der Waals surface area (Å²) >= 11 is 0. The van der Waals surface area contributed by atoms with Crippen LogP contribution in [0.3, 0.4) is 0 Å². The Morgan fingerprint density at radius 1 is 0.933 bits per heavy atom. The fourth-order valence-corrected chi connectivity index (χ4v) is 4.20. The summed E-state index contributed by atoms with van der Waals surface area (Å²) in [6.45, 7) is 2.07. The summed E-state index contributed by atoms with van der Waals surface area (Å²) in [6.07, 6.45) is -1.88. The molecular formula is C20H17F3N6O. The number of aromatic nitrogens is 4. The van der Waals surface area contributed by atoms with E-state index in [1.807, 2.05) is 24.3 Å². The van der Waals surface area contributed by atoms with Crippen molar-refractivity contribution in [3.05, 3.63) is 54.1 Å². The Bertz CT molecular complexity index is 1110. The lowest BCUT2D eigenvalue weighted by atomic mass is 10.0. The van der Waals surface area contributed by atoms with Crippen molar-refractivity contribution >= 4 is 22.9 Å². The van der Waals surface area contributed by atoms with Gasteiger partial charge < -0.3 is 9.80 Å². The highest BCUT2D eigenvalue weighted by Gasteiger charge is 2.43. The second-order valence-electron chi connectivity index (χ2n) is 7.62. The van der Waals surface area contributed by atoms with Gasteiger partial charge >= 0.3 is 6.18 Å². The van der Waals surface area contributed by atoms with E-state index >= 15 is 0 Å². The summed E-state index contributed by atoms with van der Waals surface area (Å²) in [5.41, 5.74) is 0.739. The van der Waals surface area contributed by atoms with Crippen LogP contribution in [-0.2, 0) is 6.18 Å². The quantitative estimate of drug-likeness (QED) is 0.642. The number of carbonyl (C=O) groups is 1. The zero-order chi connectivity index (χ0) is 20.9. The normalized spacial score (nSPS) is 21.3. The van der Waals surface area contributed by atoms with Gasteiger partial charge in [0.1, 0.15) is 11.4 Å². The summed E-state index contributed by atoms with van der Waals surface area (Å²) < 4.78 is 38.8. The number of benzene rings is 1. The highest BCUT2D eigenvalue weighted by molar-refractivity contribution is 5.94. The van der Waals surface area contributed by atoms with Gasteiger partial charge in [0.15, 0.2) is 0 Å². The Kier molecular flexibility index (Phi) is 4.30. The minimum Gasteiger partial charge on any atom is -0.340 e. The minimum absolute atomic E-state index is 0.0810. The number of likely N-dealkylation sites (tertiary alicyclic amines) is 1. The average Bonchev–Trinajstić information content (AvgIpc) is 3.32. The molecule has 1 amide bonds. The molecule has 3 aromatic rings. The van der Waals surface area contributed by atoms with Gasteiger partial charge in [0.2, 0.25) is 5.95 Å². The van der Waals surface area contributed by atoms with Crippen molar-refractivity contribution in [1.29, 1.82) is 0 Å². The Morgan fingerprint density at radius 3 is 2.33 bits per heavy atom. The maximum atomic E-state index is 12.9. The molecule has 7 nitrogen and oxygen atoms in total. The number of para-hydroxylation sites is 2. The molecule has 30 heavy (non-hydrogen) atoms. The number of halogens is 3. The number of alkyl halides is 3. The van der Waals surface area contributed by atoms with Crippen molar-refractivity contribution in [2.24, 2.45) is 11.8 Å². The van der Waals surface area contributed by atoms with Crippen molar-refractivity contribution in [2.75, 3.05) is 31.1 Å². The standard InChI is InChI=1S/C20H17F3N6O/c21-20(22,23)17-5-6-24-19(27-17)29-10-12-8-28(9-13(12)11-29)18(30)16-7-25-14-3-1-2-4-15(14)26-16/h1-7,12-13H,8-11H2. The van der Waals surface area contributed by atoms with Crippen molar-refractivity contribution in [2.45, 2.75) is 6.18 Å². The van der Waals surface area contributed by atoms with Gasteiger partial charge in [-0.05, 0) is 18.2 Å².